The molecule has 192 valence electrons. The van der Waals surface area contributed by atoms with Crippen LogP contribution in [0.5, 0.6) is 5.75 Å². The molecule has 1 aliphatic rings. The standard InChI is InChI=1S/C28H26ClNO5S2/c1-17(28(31)32)22-12-13-30-23-14-20(35-16-18-6-4-3-5-7-18)15-24(37(2,33)34)25(23)27(26(22)30)36-21-10-8-19(29)9-11-21/h3-11,14-15,17,22H,12-13,16H2,1-2H3,(H,31,32)/p-1. The number of fused-ring (bicyclic) bond motifs is 3. The van der Waals surface area contributed by atoms with Crippen LogP contribution in [0.4, 0.5) is 0 Å². The normalized spacial score (nSPS) is 16.0. The van der Waals surface area contributed by atoms with Gasteiger partial charge in [-0.2, -0.15) is 0 Å². The Balaban J connectivity index is 1.71. The average molecular weight is 555 g/mol. The molecule has 9 heteroatoms. The van der Waals surface area contributed by atoms with Gasteiger partial charge >= 0.3 is 0 Å². The second kappa shape index (κ2) is 10.1. The molecule has 0 amide bonds. The van der Waals surface area contributed by atoms with E-state index in [9.17, 15) is 18.3 Å². The number of hydrogen-bond acceptors (Lipinski definition) is 6. The lowest BCUT2D eigenvalue weighted by atomic mass is 9.90. The molecule has 0 saturated heterocycles. The molecule has 37 heavy (non-hydrogen) atoms. The van der Waals surface area contributed by atoms with E-state index in [1.54, 1.807) is 25.1 Å². The Labute approximate surface area is 225 Å². The quantitative estimate of drug-likeness (QED) is 0.293. The Morgan fingerprint density at radius 3 is 2.51 bits per heavy atom. The average Bonchev–Trinajstić information content (AvgIpc) is 3.42. The highest BCUT2D eigenvalue weighted by Gasteiger charge is 2.36. The van der Waals surface area contributed by atoms with Gasteiger partial charge in [-0.05, 0) is 42.3 Å². The van der Waals surface area contributed by atoms with E-state index in [1.807, 2.05) is 53.1 Å². The summed E-state index contributed by atoms with van der Waals surface area (Å²) in [6.45, 7) is 2.51. The van der Waals surface area contributed by atoms with Crippen LogP contribution in [0.2, 0.25) is 5.02 Å². The Kier molecular flexibility index (Phi) is 7.00. The van der Waals surface area contributed by atoms with Gasteiger partial charge < -0.3 is 19.2 Å². The van der Waals surface area contributed by atoms with E-state index in [1.165, 1.54) is 18.0 Å². The third kappa shape index (κ3) is 5.10. The summed E-state index contributed by atoms with van der Waals surface area (Å²) < 4.78 is 34.2. The van der Waals surface area contributed by atoms with Crippen LogP contribution in [-0.2, 0) is 27.8 Å². The number of hydrogen-bond donors (Lipinski definition) is 0. The van der Waals surface area contributed by atoms with Gasteiger partial charge in [0, 0.05) is 62.6 Å². The summed E-state index contributed by atoms with van der Waals surface area (Å²) in [6, 6.07) is 20.4. The SMILES string of the molecule is CC(C(=O)[O-])C1CCn2c1c(Sc1ccc(Cl)cc1)c1c(S(C)(=O)=O)cc(OCc3ccccc3)cc12. The minimum atomic E-state index is -3.65. The predicted octanol–water partition coefficient (Wildman–Crippen LogP) is 5.30. The van der Waals surface area contributed by atoms with Gasteiger partial charge in [0.25, 0.3) is 0 Å². The fourth-order valence-corrected chi connectivity index (χ4v) is 7.19. The Hall–Kier alpha value is -2.94. The van der Waals surface area contributed by atoms with Crippen LogP contribution < -0.4 is 9.84 Å². The van der Waals surface area contributed by atoms with E-state index < -0.39 is 21.7 Å². The first-order valence-electron chi connectivity index (χ1n) is 11.8. The highest BCUT2D eigenvalue weighted by Crippen LogP contribution is 2.50. The molecule has 0 N–H and O–H groups in total. The van der Waals surface area contributed by atoms with Crippen molar-refractivity contribution in [3.8, 4) is 5.75 Å². The number of carbonyl (C=O) groups excluding carboxylic acids is 1. The number of nitrogens with zero attached hydrogens (tertiary/aromatic N) is 1. The lowest BCUT2D eigenvalue weighted by Gasteiger charge is -2.21. The predicted molar refractivity (Wildman–Crippen MR) is 143 cm³/mol. The van der Waals surface area contributed by atoms with Crippen molar-refractivity contribution >= 4 is 50.1 Å². The van der Waals surface area contributed by atoms with Crippen molar-refractivity contribution in [2.45, 2.75) is 47.1 Å². The first kappa shape index (κ1) is 25.7. The topological polar surface area (TPSA) is 88.4 Å². The van der Waals surface area contributed by atoms with E-state index in [-0.39, 0.29) is 10.8 Å². The summed E-state index contributed by atoms with van der Waals surface area (Å²) in [6.07, 6.45) is 1.81. The monoisotopic (exact) mass is 554 g/mol. The number of ether oxygens (including phenoxy) is 1. The number of benzene rings is 3. The molecule has 2 unspecified atom stereocenters. The van der Waals surface area contributed by atoms with Gasteiger partial charge in [-0.25, -0.2) is 8.42 Å². The Bertz CT molecular complexity index is 1580. The Morgan fingerprint density at radius 2 is 1.86 bits per heavy atom. The minimum Gasteiger partial charge on any atom is -0.550 e. The van der Waals surface area contributed by atoms with E-state index in [2.05, 4.69) is 0 Å². The number of rotatable bonds is 8. The van der Waals surface area contributed by atoms with Crippen molar-refractivity contribution in [1.82, 2.24) is 4.57 Å². The van der Waals surface area contributed by atoms with Gasteiger partial charge in [0.1, 0.15) is 12.4 Å². The molecule has 0 aliphatic carbocycles. The van der Waals surface area contributed by atoms with E-state index >= 15 is 0 Å². The van der Waals surface area contributed by atoms with Gasteiger partial charge in [0.15, 0.2) is 9.84 Å². The van der Waals surface area contributed by atoms with Crippen molar-refractivity contribution in [1.29, 1.82) is 0 Å². The van der Waals surface area contributed by atoms with Crippen molar-refractivity contribution in [2.75, 3.05) is 6.26 Å². The van der Waals surface area contributed by atoms with Crippen LogP contribution in [0, 0.1) is 5.92 Å². The zero-order valence-electron chi connectivity index (χ0n) is 20.3. The third-order valence-electron chi connectivity index (χ3n) is 6.77. The summed E-state index contributed by atoms with van der Waals surface area (Å²) in [5.74, 6) is -1.73. The van der Waals surface area contributed by atoms with Crippen LogP contribution in [0.3, 0.4) is 0 Å². The molecule has 3 aromatic carbocycles. The maximum absolute atomic E-state index is 13.1. The van der Waals surface area contributed by atoms with E-state index in [0.717, 1.165) is 21.0 Å². The van der Waals surface area contributed by atoms with Crippen molar-refractivity contribution in [3.63, 3.8) is 0 Å². The molecule has 0 spiro atoms. The first-order valence-corrected chi connectivity index (χ1v) is 14.9. The summed E-state index contributed by atoms with van der Waals surface area (Å²) in [5, 5.41) is 13.0. The molecule has 0 fully saturated rings. The largest absolute Gasteiger partial charge is 0.550 e. The van der Waals surface area contributed by atoms with Crippen LogP contribution in [0.15, 0.2) is 81.4 Å². The number of sulfone groups is 1. The lowest BCUT2D eigenvalue weighted by molar-refractivity contribution is -0.311. The molecular weight excluding hydrogens is 530 g/mol. The summed E-state index contributed by atoms with van der Waals surface area (Å²) in [4.78, 5) is 13.6. The smallest absolute Gasteiger partial charge is 0.176 e. The zero-order chi connectivity index (χ0) is 26.3. The molecule has 2 atom stereocenters. The van der Waals surface area contributed by atoms with Crippen LogP contribution in [0.1, 0.15) is 30.5 Å². The minimum absolute atomic E-state index is 0.159. The molecule has 2 heterocycles. The number of halogens is 1. The van der Waals surface area contributed by atoms with Crippen LogP contribution in [-0.4, -0.2) is 25.2 Å². The summed E-state index contributed by atoms with van der Waals surface area (Å²) >= 11 is 7.50. The molecule has 4 aromatic rings. The lowest BCUT2D eigenvalue weighted by Crippen LogP contribution is -2.32. The molecule has 1 aliphatic heterocycles. The van der Waals surface area contributed by atoms with Gasteiger partial charge in [-0.1, -0.05) is 60.6 Å². The summed E-state index contributed by atoms with van der Waals surface area (Å²) in [5.41, 5.74) is 2.49. The summed E-state index contributed by atoms with van der Waals surface area (Å²) in [7, 11) is -3.65. The van der Waals surface area contributed by atoms with Crippen molar-refractivity contribution in [3.05, 3.63) is 83.0 Å². The molecule has 0 bridgehead atoms. The number of aromatic nitrogens is 1. The van der Waals surface area contributed by atoms with E-state index in [4.69, 9.17) is 16.3 Å². The number of aliphatic carboxylic acids is 1. The van der Waals surface area contributed by atoms with E-state index in [0.29, 0.717) is 41.2 Å². The van der Waals surface area contributed by atoms with Crippen molar-refractivity contribution in [2.24, 2.45) is 5.92 Å². The maximum atomic E-state index is 13.1. The van der Waals surface area contributed by atoms with Gasteiger partial charge in [-0.3, -0.25) is 0 Å². The van der Waals surface area contributed by atoms with Gasteiger partial charge in [0.05, 0.1) is 10.4 Å². The second-order valence-electron chi connectivity index (χ2n) is 9.29. The Morgan fingerprint density at radius 1 is 1.16 bits per heavy atom. The third-order valence-corrected chi connectivity index (χ3v) is 9.27. The van der Waals surface area contributed by atoms with Crippen LogP contribution in [0.25, 0.3) is 10.9 Å². The number of carbonyl (C=O) groups is 1. The van der Waals surface area contributed by atoms with Crippen molar-refractivity contribution < 1.29 is 23.1 Å². The molecule has 0 saturated carbocycles. The molecule has 6 nitrogen and oxygen atoms in total. The van der Waals surface area contributed by atoms with Gasteiger partial charge in [0.2, 0.25) is 0 Å². The maximum Gasteiger partial charge on any atom is 0.176 e. The fourth-order valence-electron chi connectivity index (χ4n) is 4.90. The molecular formula is C28H25ClNO5S2-. The van der Waals surface area contributed by atoms with Gasteiger partial charge in [-0.15, -0.1) is 0 Å². The highest BCUT2D eigenvalue weighted by molar-refractivity contribution is 7.99. The first-order chi connectivity index (χ1) is 17.6. The number of carboxylic acid groups (broad SMARTS) is 1. The molecule has 0 radical (unpaired) electrons. The zero-order valence-corrected chi connectivity index (χ0v) is 22.7. The fraction of sp³-hybridized carbons (Fsp3) is 0.250. The molecule has 1 aromatic heterocycles. The van der Waals surface area contributed by atoms with Crippen LogP contribution >= 0.6 is 23.4 Å². The number of carboxylic acids is 1. The second-order valence-corrected chi connectivity index (χ2v) is 12.8. The molecule has 5 rings (SSSR count). The number of aryl methyl sites for hydroxylation is 1. The highest BCUT2D eigenvalue weighted by atomic mass is 35.5.